The van der Waals surface area contributed by atoms with Gasteiger partial charge in [0.15, 0.2) is 0 Å². The second-order valence-corrected chi connectivity index (χ2v) is 8.00. The van der Waals surface area contributed by atoms with Gasteiger partial charge in [-0.1, -0.05) is 18.0 Å². The maximum atomic E-state index is 12.3. The number of rotatable bonds is 5. The number of halogens is 1. The Morgan fingerprint density at radius 3 is 2.76 bits per heavy atom. The molecule has 116 valence electrons. The number of sulfonamides is 1. The highest BCUT2D eigenvalue weighted by molar-refractivity contribution is 7.99. The first-order valence-electron chi connectivity index (χ1n) is 6.34. The minimum Gasteiger partial charge on any atom is -0.258 e. The van der Waals surface area contributed by atoms with Crippen LogP contribution in [0.1, 0.15) is 19.3 Å². The molecule has 9 heteroatoms. The first-order valence-corrected chi connectivity index (χ1v) is 9.49. The maximum absolute atomic E-state index is 12.3. The van der Waals surface area contributed by atoms with Gasteiger partial charge >= 0.3 is 0 Å². The van der Waals surface area contributed by atoms with Gasteiger partial charge in [-0.3, -0.25) is 10.1 Å². The van der Waals surface area contributed by atoms with Crippen molar-refractivity contribution in [3.05, 3.63) is 33.3 Å². The molecule has 2 atom stereocenters. The van der Waals surface area contributed by atoms with E-state index in [0.29, 0.717) is 0 Å². The quantitative estimate of drug-likeness (QED) is 0.651. The number of nitrogens with zero attached hydrogens (tertiary/aromatic N) is 1. The predicted octanol–water partition coefficient (Wildman–Crippen LogP) is 2.81. The highest BCUT2D eigenvalue weighted by Crippen LogP contribution is 2.31. The number of hydrogen-bond donors (Lipinski definition) is 1. The Morgan fingerprint density at radius 2 is 2.14 bits per heavy atom. The van der Waals surface area contributed by atoms with E-state index in [-0.39, 0.29) is 21.2 Å². The van der Waals surface area contributed by atoms with E-state index < -0.39 is 20.6 Å². The van der Waals surface area contributed by atoms with Crippen LogP contribution < -0.4 is 4.72 Å². The van der Waals surface area contributed by atoms with Gasteiger partial charge in [-0.05, 0) is 31.2 Å². The largest absolute Gasteiger partial charge is 0.289 e. The molecule has 2 unspecified atom stereocenters. The van der Waals surface area contributed by atoms with Crippen molar-refractivity contribution in [1.82, 2.24) is 4.72 Å². The third kappa shape index (κ3) is 3.68. The Balaban J connectivity index is 2.27. The molecule has 2 rings (SSSR count). The van der Waals surface area contributed by atoms with Crippen LogP contribution in [-0.2, 0) is 10.0 Å². The summed E-state index contributed by atoms with van der Waals surface area (Å²) in [5.41, 5.74) is -0.410. The molecule has 1 aliphatic carbocycles. The number of nitro benzene ring substituents is 1. The van der Waals surface area contributed by atoms with E-state index >= 15 is 0 Å². The van der Waals surface area contributed by atoms with Crippen molar-refractivity contribution in [3.8, 4) is 0 Å². The maximum Gasteiger partial charge on any atom is 0.289 e. The average Bonchev–Trinajstić information content (AvgIpc) is 2.85. The summed E-state index contributed by atoms with van der Waals surface area (Å²) >= 11 is 7.33. The molecule has 0 aliphatic heterocycles. The van der Waals surface area contributed by atoms with Gasteiger partial charge in [0.05, 0.1) is 9.82 Å². The molecule has 6 nitrogen and oxygen atoms in total. The van der Waals surface area contributed by atoms with Crippen molar-refractivity contribution in [2.24, 2.45) is 0 Å². The Labute approximate surface area is 132 Å². The third-order valence-corrected chi connectivity index (χ3v) is 6.46. The molecule has 1 fully saturated rings. The second kappa shape index (κ2) is 6.51. The average molecular weight is 351 g/mol. The number of hydrogen-bond acceptors (Lipinski definition) is 5. The van der Waals surface area contributed by atoms with Crippen LogP contribution >= 0.6 is 23.4 Å². The van der Waals surface area contributed by atoms with Crippen molar-refractivity contribution in [3.63, 3.8) is 0 Å². The van der Waals surface area contributed by atoms with Gasteiger partial charge in [-0.25, -0.2) is 13.1 Å². The van der Waals surface area contributed by atoms with Gasteiger partial charge in [-0.2, -0.15) is 11.8 Å². The molecular formula is C12H15ClN2O4S2. The lowest BCUT2D eigenvalue weighted by molar-refractivity contribution is -0.384. The first-order chi connectivity index (χ1) is 9.85. The molecule has 1 aliphatic rings. The molecule has 1 N–H and O–H groups in total. The van der Waals surface area contributed by atoms with Crippen molar-refractivity contribution in [2.45, 2.75) is 35.4 Å². The summed E-state index contributed by atoms with van der Waals surface area (Å²) in [5.74, 6) is 0. The summed E-state index contributed by atoms with van der Waals surface area (Å²) < 4.78 is 27.3. The van der Waals surface area contributed by atoms with Crippen molar-refractivity contribution >= 4 is 39.1 Å². The summed E-state index contributed by atoms with van der Waals surface area (Å²) in [6.45, 7) is 0. The van der Waals surface area contributed by atoms with Crippen LogP contribution in [-0.4, -0.2) is 30.9 Å². The van der Waals surface area contributed by atoms with E-state index in [1.807, 2.05) is 6.26 Å². The zero-order valence-electron chi connectivity index (χ0n) is 11.3. The minimum atomic E-state index is -3.79. The van der Waals surface area contributed by atoms with Crippen LogP contribution in [0.5, 0.6) is 0 Å². The third-order valence-electron chi connectivity index (χ3n) is 3.49. The topological polar surface area (TPSA) is 89.3 Å². The van der Waals surface area contributed by atoms with Gasteiger partial charge in [0, 0.05) is 17.4 Å². The van der Waals surface area contributed by atoms with Gasteiger partial charge in [0.1, 0.15) is 5.02 Å². The summed E-state index contributed by atoms with van der Waals surface area (Å²) in [6, 6.07) is 3.36. The summed E-state index contributed by atoms with van der Waals surface area (Å²) in [7, 11) is -3.79. The molecule has 0 saturated heterocycles. The Bertz CT molecular complexity index is 651. The first kappa shape index (κ1) is 16.5. The fourth-order valence-electron chi connectivity index (χ4n) is 2.41. The number of nitro groups is 1. The Morgan fingerprint density at radius 1 is 1.43 bits per heavy atom. The minimum absolute atomic E-state index is 0.0817. The van der Waals surface area contributed by atoms with E-state index in [1.54, 1.807) is 11.8 Å². The zero-order chi connectivity index (χ0) is 15.6. The van der Waals surface area contributed by atoms with E-state index in [0.717, 1.165) is 25.3 Å². The fourth-order valence-corrected chi connectivity index (χ4v) is 4.95. The van der Waals surface area contributed by atoms with Crippen LogP contribution in [0.2, 0.25) is 5.02 Å². The normalized spacial score (nSPS) is 22.4. The molecule has 0 bridgehead atoms. The van der Waals surface area contributed by atoms with E-state index in [4.69, 9.17) is 11.6 Å². The Kier molecular flexibility index (Phi) is 5.13. The van der Waals surface area contributed by atoms with Crippen molar-refractivity contribution in [2.75, 3.05) is 6.26 Å². The lowest BCUT2D eigenvalue weighted by atomic mass is 10.3. The van der Waals surface area contributed by atoms with Gasteiger partial charge in [0.2, 0.25) is 10.0 Å². The second-order valence-electron chi connectivity index (χ2n) is 4.80. The van der Waals surface area contributed by atoms with Crippen LogP contribution in [0.25, 0.3) is 0 Å². The molecule has 1 saturated carbocycles. The SMILES string of the molecule is CSC1CCCC1NS(=O)(=O)c1ccc(Cl)c([N+](=O)[O-])c1. The zero-order valence-corrected chi connectivity index (χ0v) is 13.7. The predicted molar refractivity (Wildman–Crippen MR) is 83.4 cm³/mol. The molecule has 0 radical (unpaired) electrons. The molecule has 0 spiro atoms. The van der Waals surface area contributed by atoms with Gasteiger partial charge < -0.3 is 0 Å². The number of nitrogens with one attached hydrogen (secondary N) is 1. The molecule has 1 aromatic rings. The van der Waals surface area contributed by atoms with Crippen molar-refractivity contribution < 1.29 is 13.3 Å². The number of benzene rings is 1. The Hall–Kier alpha value is -0.830. The molecule has 0 amide bonds. The smallest absolute Gasteiger partial charge is 0.258 e. The summed E-state index contributed by atoms with van der Waals surface area (Å²) in [6.07, 6.45) is 4.67. The molecule has 0 heterocycles. The van der Waals surface area contributed by atoms with Crippen LogP contribution in [0.3, 0.4) is 0 Å². The van der Waals surface area contributed by atoms with E-state index in [2.05, 4.69) is 4.72 Å². The van der Waals surface area contributed by atoms with E-state index in [1.165, 1.54) is 12.1 Å². The van der Waals surface area contributed by atoms with Gasteiger partial charge in [0.25, 0.3) is 5.69 Å². The van der Waals surface area contributed by atoms with Crippen molar-refractivity contribution in [1.29, 1.82) is 0 Å². The lowest BCUT2D eigenvalue weighted by Crippen LogP contribution is -2.38. The lowest BCUT2D eigenvalue weighted by Gasteiger charge is -2.19. The molecule has 21 heavy (non-hydrogen) atoms. The van der Waals surface area contributed by atoms with E-state index in [9.17, 15) is 18.5 Å². The van der Waals surface area contributed by atoms with Gasteiger partial charge in [-0.15, -0.1) is 0 Å². The highest BCUT2D eigenvalue weighted by Gasteiger charge is 2.31. The fraction of sp³-hybridized carbons (Fsp3) is 0.500. The van der Waals surface area contributed by atoms with Crippen LogP contribution in [0.15, 0.2) is 23.1 Å². The van der Waals surface area contributed by atoms with Crippen LogP contribution in [0, 0.1) is 10.1 Å². The molecular weight excluding hydrogens is 336 g/mol. The monoisotopic (exact) mass is 350 g/mol. The summed E-state index contributed by atoms with van der Waals surface area (Å²) in [4.78, 5) is 10.0. The number of thioether (sulfide) groups is 1. The van der Waals surface area contributed by atoms with Crippen LogP contribution in [0.4, 0.5) is 5.69 Å². The molecule has 1 aromatic carbocycles. The molecule has 0 aromatic heterocycles. The standard InChI is InChI=1S/C12H15ClN2O4S2/c1-20-12-4-2-3-10(12)14-21(18,19)8-5-6-9(13)11(7-8)15(16)17/h5-7,10,12,14H,2-4H2,1H3. The summed E-state index contributed by atoms with van der Waals surface area (Å²) in [5, 5.41) is 11.0. The highest BCUT2D eigenvalue weighted by atomic mass is 35.5.